The number of aromatic hydroxyl groups is 1. The van der Waals surface area contributed by atoms with Crippen LogP contribution in [-0.4, -0.2) is 114 Å². The smallest absolute Gasteiger partial charge is 0.305 e. The number of ether oxygens (including phenoxy) is 2. The number of phenols is 1. The monoisotopic (exact) mass is 616 g/mol. The highest BCUT2D eigenvalue weighted by Gasteiger charge is 2.41. The van der Waals surface area contributed by atoms with Crippen molar-refractivity contribution in [2.75, 3.05) is 81.6 Å². The molecular formula is C33H44N8O4. The summed E-state index contributed by atoms with van der Waals surface area (Å²) in [5.74, 6) is 1.11. The first-order valence-electron chi connectivity index (χ1n) is 16.0. The van der Waals surface area contributed by atoms with E-state index in [0.717, 1.165) is 89.4 Å². The number of hydrogen-bond acceptors (Lipinski definition) is 12. The molecule has 3 fully saturated rings. The molecule has 3 saturated heterocycles. The Kier molecular flexibility index (Phi) is 9.80. The first-order chi connectivity index (χ1) is 22.0. The van der Waals surface area contributed by atoms with Gasteiger partial charge in [-0.2, -0.15) is 0 Å². The van der Waals surface area contributed by atoms with Crippen molar-refractivity contribution in [3.63, 3.8) is 0 Å². The zero-order chi connectivity index (χ0) is 31.2. The highest BCUT2D eigenvalue weighted by Crippen LogP contribution is 2.39. The molecule has 3 aliphatic rings. The van der Waals surface area contributed by atoms with Gasteiger partial charge in [-0.05, 0) is 56.5 Å². The Bertz CT molecular complexity index is 1440. The average molecular weight is 617 g/mol. The first kappa shape index (κ1) is 30.8. The lowest BCUT2D eigenvalue weighted by Gasteiger charge is -2.43. The molecule has 12 nitrogen and oxygen atoms in total. The van der Waals surface area contributed by atoms with Gasteiger partial charge in [-0.25, -0.2) is 4.98 Å². The fourth-order valence-corrected chi connectivity index (χ4v) is 6.85. The zero-order valence-corrected chi connectivity index (χ0v) is 26.1. The second kappa shape index (κ2) is 14.3. The topological polar surface area (TPSA) is 133 Å². The molecule has 3 aliphatic heterocycles. The number of carbonyl (C=O) groups excluding carboxylic acids is 1. The Balaban J connectivity index is 0.997. The van der Waals surface area contributed by atoms with Gasteiger partial charge in [-0.3, -0.25) is 9.69 Å². The molecule has 5 heterocycles. The normalized spacial score (nSPS) is 20.4. The standard InChI is InChI=1S/C33H44N8O4/c1-44-32(43)8-4-5-13-38-14-16-39(17-15-38)18-19-45-31-20-24(11-12-35-31)41-25-9-10-26(41)23-40(22-25)29-21-28(36-37-33(29)34)27-6-2-3-7-30(27)42/h2-3,6-7,11-12,20-21,25-26,42H,4-5,8-10,13-19,22-23H2,1H3,(H2,34,37). The number of benzene rings is 1. The summed E-state index contributed by atoms with van der Waals surface area (Å²) in [5, 5.41) is 18.8. The van der Waals surface area contributed by atoms with Gasteiger partial charge < -0.3 is 35.0 Å². The summed E-state index contributed by atoms with van der Waals surface area (Å²) in [6, 6.07) is 13.9. The van der Waals surface area contributed by atoms with E-state index in [2.05, 4.69) is 46.9 Å². The number of unbranched alkanes of at least 4 members (excludes halogenated alkanes) is 1. The number of nitrogens with zero attached hydrogens (tertiary/aromatic N) is 7. The Morgan fingerprint density at radius 1 is 0.978 bits per heavy atom. The van der Waals surface area contributed by atoms with E-state index in [-0.39, 0.29) is 11.7 Å². The summed E-state index contributed by atoms with van der Waals surface area (Å²) >= 11 is 0. The van der Waals surface area contributed by atoms with E-state index in [4.69, 9.17) is 15.2 Å². The maximum Gasteiger partial charge on any atom is 0.305 e. The van der Waals surface area contributed by atoms with Gasteiger partial charge in [-0.1, -0.05) is 12.1 Å². The number of phenolic OH excluding ortho intramolecular Hbond substituents is 1. The highest BCUT2D eigenvalue weighted by molar-refractivity contribution is 5.74. The number of hydrogen-bond donors (Lipinski definition) is 2. The lowest BCUT2D eigenvalue weighted by Crippen LogP contribution is -2.54. The molecule has 2 atom stereocenters. The van der Waals surface area contributed by atoms with E-state index in [1.165, 1.54) is 7.11 Å². The molecule has 12 heteroatoms. The highest BCUT2D eigenvalue weighted by atomic mass is 16.5. The molecule has 0 spiro atoms. The van der Waals surface area contributed by atoms with Crippen LogP contribution in [0.2, 0.25) is 0 Å². The number of nitrogen functional groups attached to an aromatic ring is 1. The lowest BCUT2D eigenvalue weighted by molar-refractivity contribution is -0.140. The fraction of sp³-hybridized carbons (Fsp3) is 0.515. The van der Waals surface area contributed by atoms with Crippen molar-refractivity contribution >= 4 is 23.2 Å². The van der Waals surface area contributed by atoms with Crippen LogP contribution in [0.5, 0.6) is 11.6 Å². The van der Waals surface area contributed by atoms with E-state index in [9.17, 15) is 9.90 Å². The number of para-hydroxylation sites is 1. The van der Waals surface area contributed by atoms with Gasteiger partial charge in [0.05, 0.1) is 18.5 Å². The quantitative estimate of drug-likeness (QED) is 0.229. The number of rotatable bonds is 12. The summed E-state index contributed by atoms with van der Waals surface area (Å²) in [6.07, 6.45) is 6.44. The fourth-order valence-electron chi connectivity index (χ4n) is 6.85. The van der Waals surface area contributed by atoms with Crippen LogP contribution in [0.1, 0.15) is 32.1 Å². The van der Waals surface area contributed by atoms with Crippen molar-refractivity contribution in [3.8, 4) is 22.9 Å². The average Bonchev–Trinajstić information content (AvgIpc) is 3.33. The third-order valence-electron chi connectivity index (χ3n) is 9.28. The van der Waals surface area contributed by atoms with E-state index < -0.39 is 0 Å². The van der Waals surface area contributed by atoms with Gasteiger partial charge >= 0.3 is 5.97 Å². The maximum absolute atomic E-state index is 11.3. The molecule has 3 aromatic rings. The molecule has 3 N–H and O–H groups in total. The van der Waals surface area contributed by atoms with E-state index in [1.807, 2.05) is 24.4 Å². The van der Waals surface area contributed by atoms with Crippen LogP contribution in [0, 0.1) is 0 Å². The Morgan fingerprint density at radius 3 is 2.44 bits per heavy atom. The summed E-state index contributed by atoms with van der Waals surface area (Å²) in [5.41, 5.74) is 9.57. The lowest BCUT2D eigenvalue weighted by atomic mass is 10.1. The largest absolute Gasteiger partial charge is 0.507 e. The minimum atomic E-state index is -0.125. The third kappa shape index (κ3) is 7.39. The SMILES string of the molecule is COC(=O)CCCCN1CCN(CCOc2cc(N3C4CCC3CN(c3cc(-c5ccccc5O)nnc3N)C4)ccn2)CC1. The van der Waals surface area contributed by atoms with Crippen molar-refractivity contribution in [1.29, 1.82) is 0 Å². The number of anilines is 3. The molecule has 1 aromatic carbocycles. The second-order valence-corrected chi connectivity index (χ2v) is 12.1. The predicted octanol–water partition coefficient (Wildman–Crippen LogP) is 3.02. The summed E-state index contributed by atoms with van der Waals surface area (Å²) in [4.78, 5) is 25.5. The van der Waals surface area contributed by atoms with Gasteiger partial charge in [0.25, 0.3) is 0 Å². The van der Waals surface area contributed by atoms with Gasteiger partial charge in [0.1, 0.15) is 12.4 Å². The van der Waals surface area contributed by atoms with Crippen LogP contribution >= 0.6 is 0 Å². The van der Waals surface area contributed by atoms with E-state index in [0.29, 0.717) is 48.1 Å². The number of carbonyl (C=O) groups is 1. The molecule has 0 radical (unpaired) electrons. The number of esters is 1. The Morgan fingerprint density at radius 2 is 1.71 bits per heavy atom. The summed E-state index contributed by atoms with van der Waals surface area (Å²) < 4.78 is 10.9. The van der Waals surface area contributed by atoms with E-state index in [1.54, 1.807) is 12.1 Å². The van der Waals surface area contributed by atoms with Gasteiger partial charge in [-0.15, -0.1) is 10.2 Å². The zero-order valence-electron chi connectivity index (χ0n) is 26.1. The van der Waals surface area contributed by atoms with Crippen molar-refractivity contribution in [2.45, 2.75) is 44.2 Å². The minimum absolute atomic E-state index is 0.125. The predicted molar refractivity (Wildman–Crippen MR) is 174 cm³/mol. The van der Waals surface area contributed by atoms with Gasteiger partial charge in [0.2, 0.25) is 5.88 Å². The summed E-state index contributed by atoms with van der Waals surface area (Å²) in [7, 11) is 1.44. The summed E-state index contributed by atoms with van der Waals surface area (Å²) in [6.45, 7) is 8.26. The molecule has 45 heavy (non-hydrogen) atoms. The number of piperazine rings is 2. The van der Waals surface area contributed by atoms with Crippen LogP contribution in [0.15, 0.2) is 48.7 Å². The maximum atomic E-state index is 11.3. The number of nitrogens with two attached hydrogens (primary N) is 1. The minimum Gasteiger partial charge on any atom is -0.507 e. The van der Waals surface area contributed by atoms with E-state index >= 15 is 0 Å². The molecule has 2 unspecified atom stereocenters. The molecule has 6 rings (SSSR count). The van der Waals surface area contributed by atoms with Crippen molar-refractivity contribution in [1.82, 2.24) is 25.0 Å². The van der Waals surface area contributed by atoms with Crippen molar-refractivity contribution in [3.05, 3.63) is 48.7 Å². The van der Waals surface area contributed by atoms with Crippen LogP contribution in [0.3, 0.4) is 0 Å². The number of methoxy groups -OCH3 is 1. The first-order valence-corrected chi connectivity index (χ1v) is 16.0. The molecule has 0 aliphatic carbocycles. The third-order valence-corrected chi connectivity index (χ3v) is 9.28. The number of pyridine rings is 1. The molecule has 2 aromatic heterocycles. The van der Waals surface area contributed by atoms with Crippen molar-refractivity contribution in [2.24, 2.45) is 0 Å². The van der Waals surface area contributed by atoms with Crippen LogP contribution < -0.4 is 20.3 Å². The van der Waals surface area contributed by atoms with Crippen molar-refractivity contribution < 1.29 is 19.4 Å². The number of aromatic nitrogens is 3. The van der Waals surface area contributed by atoms with Crippen LogP contribution in [0.4, 0.5) is 17.2 Å². The Hall–Kier alpha value is -4.16. The molecular weight excluding hydrogens is 572 g/mol. The number of fused-ring (bicyclic) bond motifs is 2. The molecule has 240 valence electrons. The van der Waals surface area contributed by atoms with Crippen LogP contribution in [0.25, 0.3) is 11.3 Å². The Labute approximate surface area is 264 Å². The molecule has 2 bridgehead atoms. The van der Waals surface area contributed by atoms with Gasteiger partial charge in [0, 0.05) is 87.8 Å². The van der Waals surface area contributed by atoms with Gasteiger partial charge in [0.15, 0.2) is 5.82 Å². The second-order valence-electron chi connectivity index (χ2n) is 12.1. The molecule has 0 amide bonds. The molecule has 0 saturated carbocycles. The van der Waals surface area contributed by atoms with Crippen LogP contribution in [-0.2, 0) is 9.53 Å².